The minimum Gasteiger partial charge on any atom is -0.366 e. The third-order valence-electron chi connectivity index (χ3n) is 4.66. The van der Waals surface area contributed by atoms with Gasteiger partial charge in [0.25, 0.3) is 0 Å². The van der Waals surface area contributed by atoms with Gasteiger partial charge in [-0.05, 0) is 24.5 Å². The van der Waals surface area contributed by atoms with Gasteiger partial charge in [-0.1, -0.05) is 18.5 Å². The number of carbonyl (C=O) groups is 1. The molecule has 2 aromatic heterocycles. The van der Waals surface area contributed by atoms with Crippen molar-refractivity contribution in [3.63, 3.8) is 0 Å². The third kappa shape index (κ3) is 4.40. The van der Waals surface area contributed by atoms with E-state index < -0.39 is 21.7 Å². The van der Waals surface area contributed by atoms with Crippen molar-refractivity contribution < 1.29 is 17.6 Å². The van der Waals surface area contributed by atoms with E-state index in [-0.39, 0.29) is 30.1 Å². The van der Waals surface area contributed by atoms with Gasteiger partial charge in [0.2, 0.25) is 15.9 Å². The molecule has 1 aliphatic rings. The maximum atomic E-state index is 13.1. The number of aromatic nitrogens is 3. The zero-order valence-electron chi connectivity index (χ0n) is 15.0. The number of pyridine rings is 1. The summed E-state index contributed by atoms with van der Waals surface area (Å²) in [4.78, 5) is 22.2. The molecule has 2 atom stereocenters. The van der Waals surface area contributed by atoms with Crippen LogP contribution in [0, 0.1) is 11.7 Å². The van der Waals surface area contributed by atoms with Crippen molar-refractivity contribution in [2.24, 2.45) is 11.7 Å². The molecule has 0 bridgehead atoms. The molecule has 8 nitrogen and oxygen atoms in total. The first-order valence-corrected chi connectivity index (χ1v) is 10.4. The summed E-state index contributed by atoms with van der Waals surface area (Å²) in [7, 11) is -3.72. The maximum Gasteiger partial charge on any atom is 0.242 e. The van der Waals surface area contributed by atoms with E-state index in [1.807, 2.05) is 6.92 Å². The highest BCUT2D eigenvalue weighted by atomic mass is 35.5. The number of imidazole rings is 1. The number of hydrogen-bond acceptors (Lipinski definition) is 5. The maximum absolute atomic E-state index is 13.1. The lowest BCUT2D eigenvalue weighted by atomic mass is 9.86. The smallest absolute Gasteiger partial charge is 0.242 e. The van der Waals surface area contributed by atoms with Crippen LogP contribution in [0.5, 0.6) is 0 Å². The molecule has 0 aromatic carbocycles. The van der Waals surface area contributed by atoms with Gasteiger partial charge in [-0.15, -0.1) is 0 Å². The molecule has 2 aromatic rings. The van der Waals surface area contributed by atoms with E-state index in [4.69, 9.17) is 17.3 Å². The van der Waals surface area contributed by atoms with Crippen LogP contribution in [0.15, 0.2) is 29.8 Å². The number of nitrogens with two attached hydrogens (primary N) is 1. The standard InChI is InChI=1S/C17H19ClFN5O3S/c1-10-9-24(28(26,27)7-5-14(20)25)6-4-12(10)15-16(18)23-17(22-15)13-3-2-11(19)8-21-13/h2-3,5,7-8,10,12H,4,6,9H2,1H3,(H2,20,25)(H,22,23)/t10-,12+/m0/s1. The van der Waals surface area contributed by atoms with Crippen LogP contribution in [-0.2, 0) is 14.8 Å². The second-order valence-electron chi connectivity index (χ2n) is 6.63. The van der Waals surface area contributed by atoms with Crippen molar-refractivity contribution in [2.75, 3.05) is 13.1 Å². The lowest BCUT2D eigenvalue weighted by Gasteiger charge is -2.35. The van der Waals surface area contributed by atoms with Crippen LogP contribution in [0.25, 0.3) is 11.5 Å². The van der Waals surface area contributed by atoms with Gasteiger partial charge in [0, 0.05) is 25.1 Å². The van der Waals surface area contributed by atoms with E-state index >= 15 is 0 Å². The van der Waals surface area contributed by atoms with Crippen LogP contribution in [-0.4, -0.2) is 46.7 Å². The predicted molar refractivity (Wildman–Crippen MR) is 102 cm³/mol. The Balaban J connectivity index is 1.78. The predicted octanol–water partition coefficient (Wildman–Crippen LogP) is 2.02. The number of primary amides is 1. The molecule has 3 N–H and O–H groups in total. The number of amides is 1. The molecule has 1 amide bonds. The minimum absolute atomic E-state index is 0.0410. The van der Waals surface area contributed by atoms with Crippen molar-refractivity contribution in [1.29, 1.82) is 0 Å². The number of halogens is 2. The van der Waals surface area contributed by atoms with Crippen LogP contribution in [0.2, 0.25) is 5.15 Å². The van der Waals surface area contributed by atoms with Gasteiger partial charge in [0.05, 0.1) is 17.3 Å². The van der Waals surface area contributed by atoms with Crippen molar-refractivity contribution in [3.8, 4) is 11.5 Å². The van der Waals surface area contributed by atoms with Gasteiger partial charge in [-0.3, -0.25) is 4.79 Å². The highest BCUT2D eigenvalue weighted by Crippen LogP contribution is 2.37. The van der Waals surface area contributed by atoms with E-state index in [1.165, 1.54) is 16.4 Å². The van der Waals surface area contributed by atoms with Crippen LogP contribution < -0.4 is 5.73 Å². The molecule has 28 heavy (non-hydrogen) atoms. The summed E-state index contributed by atoms with van der Waals surface area (Å²) in [5.74, 6) is -0.947. The summed E-state index contributed by atoms with van der Waals surface area (Å²) >= 11 is 6.30. The molecule has 0 unspecified atom stereocenters. The number of hydrogen-bond donors (Lipinski definition) is 2. The summed E-state index contributed by atoms with van der Waals surface area (Å²) in [6, 6.07) is 2.78. The van der Waals surface area contributed by atoms with Crippen molar-refractivity contribution in [3.05, 3.63) is 46.5 Å². The molecule has 3 heterocycles. The molecule has 1 saturated heterocycles. The second-order valence-corrected chi connectivity index (χ2v) is 8.81. The van der Waals surface area contributed by atoms with E-state index in [2.05, 4.69) is 15.0 Å². The number of H-pyrrole nitrogens is 1. The Hall–Kier alpha value is -2.30. The summed E-state index contributed by atoms with van der Waals surface area (Å²) < 4.78 is 39.0. The average Bonchev–Trinajstić information content (AvgIpc) is 3.02. The molecular weight excluding hydrogens is 409 g/mol. The molecule has 1 aliphatic heterocycles. The molecule has 3 rings (SSSR count). The Labute approximate surface area is 166 Å². The van der Waals surface area contributed by atoms with Crippen LogP contribution >= 0.6 is 11.6 Å². The van der Waals surface area contributed by atoms with Crippen LogP contribution in [0.4, 0.5) is 4.39 Å². The molecular formula is C17H19ClFN5O3S. The summed E-state index contributed by atoms with van der Waals surface area (Å²) in [6.45, 7) is 2.44. The molecule has 11 heteroatoms. The first-order valence-electron chi connectivity index (χ1n) is 8.52. The molecule has 0 spiro atoms. The number of rotatable bonds is 5. The first-order chi connectivity index (χ1) is 13.2. The second kappa shape index (κ2) is 7.98. The van der Waals surface area contributed by atoms with E-state index in [0.717, 1.165) is 17.7 Å². The number of carbonyl (C=O) groups excluding carboxylic acids is 1. The number of aromatic amines is 1. The number of piperidine rings is 1. The zero-order valence-corrected chi connectivity index (χ0v) is 16.5. The fraction of sp³-hybridized carbons (Fsp3) is 0.353. The van der Waals surface area contributed by atoms with E-state index in [1.54, 1.807) is 0 Å². The highest BCUT2D eigenvalue weighted by molar-refractivity contribution is 7.92. The number of nitrogens with zero attached hydrogens (tertiary/aromatic N) is 3. The van der Waals surface area contributed by atoms with Gasteiger partial charge in [0.1, 0.15) is 11.5 Å². The Bertz CT molecular complexity index is 1010. The molecule has 0 aliphatic carbocycles. The topological polar surface area (TPSA) is 122 Å². The van der Waals surface area contributed by atoms with Gasteiger partial charge in [0.15, 0.2) is 11.0 Å². The fourth-order valence-corrected chi connectivity index (χ4v) is 4.81. The average molecular weight is 428 g/mol. The Morgan fingerprint density at radius 1 is 1.46 bits per heavy atom. The van der Waals surface area contributed by atoms with Gasteiger partial charge in [-0.25, -0.2) is 22.8 Å². The van der Waals surface area contributed by atoms with Crippen molar-refractivity contribution in [2.45, 2.75) is 19.3 Å². The molecule has 0 saturated carbocycles. The highest BCUT2D eigenvalue weighted by Gasteiger charge is 2.34. The van der Waals surface area contributed by atoms with Crippen molar-refractivity contribution >= 4 is 27.5 Å². The molecule has 150 valence electrons. The van der Waals surface area contributed by atoms with E-state index in [9.17, 15) is 17.6 Å². The van der Waals surface area contributed by atoms with Crippen LogP contribution in [0.3, 0.4) is 0 Å². The fourth-order valence-electron chi connectivity index (χ4n) is 3.25. The third-order valence-corrected chi connectivity index (χ3v) is 6.48. The van der Waals surface area contributed by atoms with Gasteiger partial charge >= 0.3 is 0 Å². The molecule has 0 radical (unpaired) electrons. The van der Waals surface area contributed by atoms with Crippen LogP contribution in [0.1, 0.15) is 25.0 Å². The largest absolute Gasteiger partial charge is 0.366 e. The zero-order chi connectivity index (χ0) is 20.5. The van der Waals surface area contributed by atoms with Gasteiger partial charge in [-0.2, -0.15) is 4.31 Å². The Kier molecular flexibility index (Phi) is 5.82. The lowest BCUT2D eigenvalue weighted by molar-refractivity contribution is -0.113. The van der Waals surface area contributed by atoms with Gasteiger partial charge < -0.3 is 10.7 Å². The lowest BCUT2D eigenvalue weighted by Crippen LogP contribution is -2.41. The van der Waals surface area contributed by atoms with E-state index in [0.29, 0.717) is 23.6 Å². The quantitative estimate of drug-likeness (QED) is 0.707. The normalized spacial score (nSPS) is 21.2. The Morgan fingerprint density at radius 3 is 2.82 bits per heavy atom. The SMILES string of the molecule is C[C@H]1CN(S(=O)(=O)C=CC(N)=O)CC[C@H]1c1[nH]c(-c2ccc(F)cn2)nc1Cl. The Morgan fingerprint density at radius 2 is 2.21 bits per heavy atom. The first kappa shape index (κ1) is 20.4. The number of nitrogens with one attached hydrogen (secondary N) is 1. The molecule has 1 fully saturated rings. The summed E-state index contributed by atoms with van der Waals surface area (Å²) in [6.07, 6.45) is 2.44. The number of sulfonamides is 1. The summed E-state index contributed by atoms with van der Waals surface area (Å²) in [5, 5.41) is 1.10. The van der Waals surface area contributed by atoms with Crippen molar-refractivity contribution in [1.82, 2.24) is 19.3 Å². The summed E-state index contributed by atoms with van der Waals surface area (Å²) in [5.41, 5.74) is 6.12. The monoisotopic (exact) mass is 427 g/mol. The minimum atomic E-state index is -3.72.